The molecule has 0 spiro atoms. The van der Waals surface area contributed by atoms with Crippen molar-refractivity contribution in [1.29, 1.82) is 0 Å². The maximum absolute atomic E-state index is 14.9. The van der Waals surface area contributed by atoms with Crippen LogP contribution in [0.25, 0.3) is 11.1 Å². The van der Waals surface area contributed by atoms with E-state index in [4.69, 9.17) is 37.0 Å². The number of carbonyl (C=O) groups is 5. The fraction of sp³-hybridized carbons (Fsp3) is 0.463. The minimum atomic E-state index is -4.56. The molecule has 78 heavy (non-hydrogen) atoms. The summed E-state index contributed by atoms with van der Waals surface area (Å²) in [6.07, 6.45) is -9.63. The fourth-order valence-corrected chi connectivity index (χ4v) is 16.3. The predicted molar refractivity (Wildman–Crippen MR) is 278 cm³/mol. The standard InChI is InChI=1S/C54H64N2O20P2/c1-7-71-77(67,72-8-2)42(78(68,73-9-3)74-10-4)23-37(56-53(65)70-27-35-31-18-13-11-16-29(31)30-17-12-14-19-32(30)35)52(64)55-36-22-41(75-28(5)47(36)59)76-39-25-54(66,40(58)26-57)24-34-44(39)51(63)46-45(49(34)61)48(60)33-20-15-21-38(69-6)43(33)50(46)62/h11-21,28,35-37,39,41-42,47,57,59,61,63,66H,7-10,22-27H2,1-6H3,(H,55,64)(H,56,65)/t28-,36-,37?,39-,41-,47+,54-/m0/s1. The van der Waals surface area contributed by atoms with Gasteiger partial charge in [0.25, 0.3) is 0 Å². The molecule has 2 amide bonds. The zero-order valence-electron chi connectivity index (χ0n) is 43.8. The third-order valence-corrected chi connectivity index (χ3v) is 20.5. The number of hydrogen-bond acceptors (Lipinski definition) is 20. The smallest absolute Gasteiger partial charge is 0.407 e. The van der Waals surface area contributed by atoms with Crippen molar-refractivity contribution in [1.82, 2.24) is 10.6 Å². The number of aliphatic hydroxyl groups excluding tert-OH is 2. The van der Waals surface area contributed by atoms with E-state index in [1.165, 1.54) is 59.9 Å². The molecular weight excluding hydrogens is 1060 g/mol. The molecule has 1 fully saturated rings. The summed E-state index contributed by atoms with van der Waals surface area (Å²) in [5.74, 6) is -5.99. The Bertz CT molecular complexity index is 2980. The van der Waals surface area contributed by atoms with Crippen LogP contribution in [0.15, 0.2) is 66.7 Å². The van der Waals surface area contributed by atoms with Crippen molar-refractivity contribution in [2.24, 2.45) is 0 Å². The molecule has 22 nitrogen and oxygen atoms in total. The molecule has 4 aromatic rings. The van der Waals surface area contributed by atoms with Crippen molar-refractivity contribution in [2.45, 2.75) is 114 Å². The summed E-state index contributed by atoms with van der Waals surface area (Å²) in [5, 5.41) is 60.8. The Labute approximate surface area is 449 Å². The second kappa shape index (κ2) is 23.8. The van der Waals surface area contributed by atoms with E-state index >= 15 is 0 Å². The summed E-state index contributed by atoms with van der Waals surface area (Å²) in [6.45, 7) is 5.34. The molecular formula is C54H64N2O20P2. The van der Waals surface area contributed by atoms with E-state index in [1.807, 2.05) is 48.5 Å². The molecule has 3 aliphatic carbocycles. The molecule has 8 rings (SSSR count). The number of ether oxygens (including phenoxy) is 4. The van der Waals surface area contributed by atoms with Gasteiger partial charge in [-0.15, -0.1) is 0 Å². The normalized spacial score (nSPS) is 22.2. The van der Waals surface area contributed by atoms with Gasteiger partial charge in [0, 0.05) is 48.3 Å². The first kappa shape index (κ1) is 58.3. The Morgan fingerprint density at radius 1 is 0.795 bits per heavy atom. The van der Waals surface area contributed by atoms with Gasteiger partial charge in [-0.3, -0.25) is 28.3 Å². The van der Waals surface area contributed by atoms with Crippen LogP contribution in [0.2, 0.25) is 0 Å². The maximum Gasteiger partial charge on any atom is 0.407 e. The topological polar surface area (TPSA) is 319 Å². The highest BCUT2D eigenvalue weighted by Gasteiger charge is 2.54. The lowest BCUT2D eigenvalue weighted by atomic mass is 9.72. The van der Waals surface area contributed by atoms with Crippen LogP contribution in [0.4, 0.5) is 4.79 Å². The number of carbonyl (C=O) groups excluding carboxylic acids is 5. The Morgan fingerprint density at radius 3 is 1.92 bits per heavy atom. The Kier molecular flexibility index (Phi) is 17.8. The van der Waals surface area contributed by atoms with E-state index in [1.54, 1.807) is 0 Å². The van der Waals surface area contributed by atoms with E-state index in [2.05, 4.69) is 10.6 Å². The molecule has 1 heterocycles. The highest BCUT2D eigenvalue weighted by Crippen LogP contribution is 2.71. The largest absolute Gasteiger partial charge is 0.507 e. The number of benzene rings is 4. The molecule has 24 heteroatoms. The summed E-state index contributed by atoms with van der Waals surface area (Å²) in [6, 6.07) is 16.3. The number of alkyl carbamates (subject to hydrolysis) is 1. The van der Waals surface area contributed by atoms with Crippen molar-refractivity contribution in [3.8, 4) is 28.4 Å². The third-order valence-electron chi connectivity index (χ3n) is 14.5. The summed E-state index contributed by atoms with van der Waals surface area (Å²) in [7, 11) is -7.84. The van der Waals surface area contributed by atoms with Crippen molar-refractivity contribution in [3.05, 3.63) is 111 Å². The average molecular weight is 1120 g/mol. The van der Waals surface area contributed by atoms with Crippen LogP contribution >= 0.6 is 15.2 Å². The number of nitrogens with one attached hydrogen (secondary N) is 2. The number of fused-ring (bicyclic) bond motifs is 6. The minimum absolute atomic E-state index is 0.00139. The van der Waals surface area contributed by atoms with Crippen LogP contribution < -0.4 is 15.4 Å². The number of rotatable bonds is 22. The number of hydrogen-bond donors (Lipinski definition) is 7. The van der Waals surface area contributed by atoms with Crippen LogP contribution in [0.5, 0.6) is 17.2 Å². The molecule has 4 aliphatic rings. The van der Waals surface area contributed by atoms with Gasteiger partial charge in [-0.05, 0) is 62.9 Å². The second-order valence-corrected chi connectivity index (χ2v) is 23.9. The average Bonchev–Trinajstić information content (AvgIpc) is 3.80. The summed E-state index contributed by atoms with van der Waals surface area (Å²) < 4.78 is 75.9. The van der Waals surface area contributed by atoms with Crippen LogP contribution in [0, 0.1) is 0 Å². The minimum Gasteiger partial charge on any atom is -0.507 e. The Morgan fingerprint density at radius 2 is 1.36 bits per heavy atom. The first-order valence-electron chi connectivity index (χ1n) is 25.6. The van der Waals surface area contributed by atoms with Crippen molar-refractivity contribution < 1.29 is 95.7 Å². The predicted octanol–water partition coefficient (Wildman–Crippen LogP) is 6.31. The van der Waals surface area contributed by atoms with E-state index in [9.17, 15) is 58.6 Å². The van der Waals surface area contributed by atoms with Gasteiger partial charge in [-0.1, -0.05) is 60.7 Å². The van der Waals surface area contributed by atoms with Gasteiger partial charge in [0.15, 0.2) is 23.3 Å². The Hall–Kier alpha value is -5.87. The van der Waals surface area contributed by atoms with E-state index in [0.29, 0.717) is 0 Å². The van der Waals surface area contributed by atoms with Gasteiger partial charge in [-0.25, -0.2) is 4.79 Å². The lowest BCUT2D eigenvalue weighted by Gasteiger charge is -2.43. The molecule has 0 radical (unpaired) electrons. The number of aliphatic hydroxyl groups is 3. The molecule has 1 saturated heterocycles. The summed E-state index contributed by atoms with van der Waals surface area (Å²) in [4.78, 5) is 70.6. The maximum atomic E-state index is 14.9. The highest BCUT2D eigenvalue weighted by atomic mass is 31.2. The quantitative estimate of drug-likeness (QED) is 0.0295. The number of amides is 2. The molecule has 7 N–H and O–H groups in total. The van der Waals surface area contributed by atoms with E-state index in [0.717, 1.165) is 22.3 Å². The van der Waals surface area contributed by atoms with Crippen LogP contribution in [0.3, 0.4) is 0 Å². The van der Waals surface area contributed by atoms with Gasteiger partial charge in [0.1, 0.15) is 48.2 Å². The lowest BCUT2D eigenvalue weighted by Crippen LogP contribution is -2.59. The van der Waals surface area contributed by atoms with Crippen LogP contribution in [-0.2, 0) is 57.4 Å². The zero-order chi connectivity index (χ0) is 56.4. The second-order valence-electron chi connectivity index (χ2n) is 19.1. The summed E-state index contributed by atoms with van der Waals surface area (Å²) in [5.41, 5.74) is -0.999. The number of aromatic hydroxyl groups is 2. The molecule has 0 saturated carbocycles. The first-order chi connectivity index (χ1) is 37.2. The van der Waals surface area contributed by atoms with E-state index < -0.39 is 153 Å². The molecule has 4 aromatic carbocycles. The molecule has 0 aromatic heterocycles. The van der Waals surface area contributed by atoms with Crippen molar-refractivity contribution >= 4 is 44.5 Å². The molecule has 7 atom stereocenters. The van der Waals surface area contributed by atoms with Gasteiger partial charge in [0.2, 0.25) is 11.7 Å². The van der Waals surface area contributed by atoms with Crippen LogP contribution in [-0.4, -0.2) is 143 Å². The van der Waals surface area contributed by atoms with E-state index in [-0.39, 0.29) is 61.0 Å². The molecule has 1 unspecified atom stereocenters. The first-order valence-corrected chi connectivity index (χ1v) is 28.9. The number of methoxy groups -OCH3 is 1. The van der Waals surface area contributed by atoms with Gasteiger partial charge in [0.05, 0.1) is 68.5 Å². The van der Waals surface area contributed by atoms with Crippen molar-refractivity contribution in [2.75, 3.05) is 46.8 Å². The SMILES string of the molecule is CCOP(=O)(OCC)C(CC(NC(=O)OCC1c2ccccc2-c2ccccc21)C(=O)N[C@H]1C[C@H](O[C@H]2C[C@](O)(C(=O)CO)Cc3c(O)c4c(c(O)c32)C(=O)c2c(OC)cccc2C4=O)O[C@@H](C)[C@H]1O)P(=O)(OCC)OCC. The zero-order valence-corrected chi connectivity index (χ0v) is 45.6. The number of phenols is 2. The van der Waals surface area contributed by atoms with Crippen LogP contribution in [0.1, 0.15) is 120 Å². The molecule has 420 valence electrons. The van der Waals surface area contributed by atoms with Crippen molar-refractivity contribution in [3.63, 3.8) is 0 Å². The lowest BCUT2D eigenvalue weighted by molar-refractivity contribution is -0.249. The summed E-state index contributed by atoms with van der Waals surface area (Å²) >= 11 is 0. The number of Topliss-reactive ketones (excluding diaryl/α,β-unsaturated/α-hetero) is 1. The monoisotopic (exact) mass is 1120 g/mol. The fourth-order valence-electron chi connectivity index (χ4n) is 10.9. The third kappa shape index (κ3) is 10.9. The Balaban J connectivity index is 1.12. The van der Waals surface area contributed by atoms with Gasteiger partial charge in [-0.2, -0.15) is 0 Å². The molecule has 1 aliphatic heterocycles. The van der Waals surface area contributed by atoms with Gasteiger partial charge < -0.3 is 73.2 Å². The molecule has 0 bridgehead atoms. The van der Waals surface area contributed by atoms with Gasteiger partial charge >= 0.3 is 21.3 Å². The number of phenolic OH excluding ortho intramolecular Hbond substituents is 2. The number of ketones is 3. The highest BCUT2D eigenvalue weighted by molar-refractivity contribution is 7.72.